The number of hydrogen-bond acceptors (Lipinski definition) is 6. The zero-order valence-corrected chi connectivity index (χ0v) is 17.8. The molecule has 1 saturated heterocycles. The van der Waals surface area contributed by atoms with Crippen LogP contribution in [0, 0.1) is 0 Å². The molecule has 1 aromatic heterocycles. The van der Waals surface area contributed by atoms with Gasteiger partial charge in [0, 0.05) is 37.3 Å². The first kappa shape index (κ1) is 20.6. The van der Waals surface area contributed by atoms with E-state index in [1.54, 1.807) is 17.2 Å². The molecular weight excluding hydrogens is 408 g/mol. The number of piperidine rings is 1. The second-order valence-electron chi connectivity index (χ2n) is 8.61. The number of rotatable bonds is 6. The van der Waals surface area contributed by atoms with E-state index in [4.69, 9.17) is 4.74 Å². The molecule has 8 heteroatoms. The van der Waals surface area contributed by atoms with Crippen LogP contribution in [0.2, 0.25) is 0 Å². The van der Waals surface area contributed by atoms with Crippen molar-refractivity contribution in [3.05, 3.63) is 59.4 Å². The Balaban J connectivity index is 1.24. The van der Waals surface area contributed by atoms with E-state index < -0.39 is 11.9 Å². The number of imide groups is 1. The van der Waals surface area contributed by atoms with Crippen LogP contribution in [0.5, 0.6) is 5.75 Å². The lowest BCUT2D eigenvalue weighted by atomic mass is 10.0. The third kappa shape index (κ3) is 4.10. The third-order valence-electron chi connectivity index (χ3n) is 6.51. The lowest BCUT2D eigenvalue weighted by Gasteiger charge is -2.29. The van der Waals surface area contributed by atoms with Crippen LogP contribution < -0.4 is 15.4 Å². The van der Waals surface area contributed by atoms with Crippen molar-refractivity contribution in [3.8, 4) is 5.75 Å². The van der Waals surface area contributed by atoms with E-state index in [0.29, 0.717) is 25.1 Å². The molecule has 1 aromatic carbocycles. The second-order valence-corrected chi connectivity index (χ2v) is 8.61. The van der Waals surface area contributed by atoms with Crippen molar-refractivity contribution in [2.45, 2.75) is 63.4 Å². The Morgan fingerprint density at radius 1 is 1.12 bits per heavy atom. The fraction of sp³-hybridized carbons (Fsp3) is 0.417. The normalized spacial score (nSPS) is 25.1. The molecule has 2 aliphatic heterocycles. The largest absolute Gasteiger partial charge is 0.489 e. The molecule has 8 nitrogen and oxygen atoms in total. The SMILES string of the molecule is O=C1CCC(N2Cc3cc(O[C@@H]4CCC[C@H]4NCc4ccccn4)ccc3C2=O)C(=O)N1. The van der Waals surface area contributed by atoms with E-state index in [1.807, 2.05) is 30.3 Å². The zero-order valence-electron chi connectivity index (χ0n) is 17.8. The second kappa shape index (κ2) is 8.70. The Kier molecular flexibility index (Phi) is 5.61. The van der Waals surface area contributed by atoms with Gasteiger partial charge in [0.2, 0.25) is 11.8 Å². The lowest BCUT2D eigenvalue weighted by molar-refractivity contribution is -0.136. The number of nitrogens with zero attached hydrogens (tertiary/aromatic N) is 2. The summed E-state index contributed by atoms with van der Waals surface area (Å²) in [7, 11) is 0. The fourth-order valence-electron chi connectivity index (χ4n) is 4.84. The molecule has 166 valence electrons. The van der Waals surface area contributed by atoms with Gasteiger partial charge in [0.05, 0.1) is 5.69 Å². The van der Waals surface area contributed by atoms with Crippen LogP contribution >= 0.6 is 0 Å². The summed E-state index contributed by atoms with van der Waals surface area (Å²) in [4.78, 5) is 42.4. The minimum atomic E-state index is -0.605. The first-order valence-electron chi connectivity index (χ1n) is 11.2. The summed E-state index contributed by atoms with van der Waals surface area (Å²) in [6.07, 6.45) is 5.57. The van der Waals surface area contributed by atoms with Crippen LogP contribution in [0.1, 0.15) is 53.7 Å². The number of nitrogens with one attached hydrogen (secondary N) is 2. The van der Waals surface area contributed by atoms with Gasteiger partial charge >= 0.3 is 0 Å². The number of carbonyl (C=O) groups excluding carboxylic acids is 3. The first-order valence-corrected chi connectivity index (χ1v) is 11.2. The topological polar surface area (TPSA) is 101 Å². The van der Waals surface area contributed by atoms with Crippen molar-refractivity contribution in [1.82, 2.24) is 20.5 Å². The summed E-state index contributed by atoms with van der Waals surface area (Å²) in [5.74, 6) is -0.115. The Labute approximate surface area is 186 Å². The first-order chi connectivity index (χ1) is 15.6. The van der Waals surface area contributed by atoms with E-state index in [2.05, 4.69) is 15.6 Å². The Morgan fingerprint density at radius 2 is 2.03 bits per heavy atom. The monoisotopic (exact) mass is 434 g/mol. The van der Waals surface area contributed by atoms with E-state index >= 15 is 0 Å². The predicted molar refractivity (Wildman–Crippen MR) is 116 cm³/mol. The number of aromatic nitrogens is 1. The van der Waals surface area contributed by atoms with Crippen LogP contribution in [0.25, 0.3) is 0 Å². The maximum atomic E-state index is 12.9. The average Bonchev–Trinajstić information content (AvgIpc) is 3.37. The quantitative estimate of drug-likeness (QED) is 0.674. The summed E-state index contributed by atoms with van der Waals surface area (Å²) < 4.78 is 6.32. The number of carbonyl (C=O) groups is 3. The van der Waals surface area contributed by atoms with Crippen LogP contribution in [0.15, 0.2) is 42.6 Å². The van der Waals surface area contributed by atoms with Crippen molar-refractivity contribution in [2.75, 3.05) is 0 Å². The molecule has 3 aliphatic rings. The summed E-state index contributed by atoms with van der Waals surface area (Å²) in [5, 5.41) is 5.90. The maximum absolute atomic E-state index is 12.9. The highest BCUT2D eigenvalue weighted by Crippen LogP contribution is 2.32. The van der Waals surface area contributed by atoms with Crippen LogP contribution in [-0.4, -0.2) is 45.8 Å². The fourth-order valence-corrected chi connectivity index (χ4v) is 4.84. The predicted octanol–water partition coefficient (Wildman–Crippen LogP) is 1.93. The number of hydrogen-bond donors (Lipinski definition) is 2. The van der Waals surface area contributed by atoms with Crippen LogP contribution in [0.3, 0.4) is 0 Å². The number of ether oxygens (including phenoxy) is 1. The summed E-state index contributed by atoms with van der Waals surface area (Å²) in [6, 6.07) is 11.1. The third-order valence-corrected chi connectivity index (χ3v) is 6.51. The minimum Gasteiger partial charge on any atom is -0.489 e. The number of fused-ring (bicyclic) bond motifs is 1. The smallest absolute Gasteiger partial charge is 0.255 e. The Hall–Kier alpha value is -3.26. The molecule has 2 N–H and O–H groups in total. The molecule has 2 aromatic rings. The van der Waals surface area contributed by atoms with Crippen molar-refractivity contribution in [3.63, 3.8) is 0 Å². The highest BCUT2D eigenvalue weighted by Gasteiger charge is 2.39. The van der Waals surface area contributed by atoms with Gasteiger partial charge in [-0.1, -0.05) is 6.07 Å². The number of amides is 3. The van der Waals surface area contributed by atoms with Crippen molar-refractivity contribution in [1.29, 1.82) is 0 Å². The molecule has 3 amide bonds. The summed E-state index contributed by atoms with van der Waals surface area (Å²) in [5.41, 5.74) is 2.45. The molecule has 0 bridgehead atoms. The van der Waals surface area contributed by atoms with Crippen molar-refractivity contribution in [2.24, 2.45) is 0 Å². The highest BCUT2D eigenvalue weighted by molar-refractivity contribution is 6.05. The van der Waals surface area contributed by atoms with Gasteiger partial charge in [-0.05, 0) is 61.6 Å². The Morgan fingerprint density at radius 3 is 2.84 bits per heavy atom. The van der Waals surface area contributed by atoms with Gasteiger partial charge < -0.3 is 15.0 Å². The summed E-state index contributed by atoms with van der Waals surface area (Å²) >= 11 is 0. The zero-order chi connectivity index (χ0) is 22.1. The van der Waals surface area contributed by atoms with E-state index in [-0.39, 0.29) is 30.4 Å². The van der Waals surface area contributed by atoms with Gasteiger partial charge in [-0.15, -0.1) is 0 Å². The lowest BCUT2D eigenvalue weighted by Crippen LogP contribution is -2.52. The van der Waals surface area contributed by atoms with Gasteiger partial charge in [-0.25, -0.2) is 0 Å². The molecule has 0 spiro atoms. The highest BCUT2D eigenvalue weighted by atomic mass is 16.5. The minimum absolute atomic E-state index is 0.0557. The molecule has 3 atom stereocenters. The van der Waals surface area contributed by atoms with Crippen molar-refractivity contribution < 1.29 is 19.1 Å². The molecule has 1 aliphatic carbocycles. The van der Waals surface area contributed by atoms with Crippen LogP contribution in [-0.2, 0) is 22.7 Å². The van der Waals surface area contributed by atoms with Gasteiger partial charge in [0.1, 0.15) is 17.9 Å². The van der Waals surface area contributed by atoms with E-state index in [0.717, 1.165) is 36.3 Å². The standard InChI is InChI=1S/C24H26N4O4/c29-22-10-9-20(23(30)27-22)28-14-15-12-17(7-8-18(15)24(28)31)32-21-6-3-5-19(21)26-13-16-4-1-2-11-25-16/h1-2,4,7-8,11-12,19-21,26H,3,5-6,9-10,13-14H2,(H,27,29,30)/t19-,20?,21-/m1/s1. The average molecular weight is 434 g/mol. The molecule has 0 radical (unpaired) electrons. The van der Waals surface area contributed by atoms with Crippen molar-refractivity contribution >= 4 is 17.7 Å². The van der Waals surface area contributed by atoms with Gasteiger partial charge in [-0.3, -0.25) is 24.7 Å². The number of pyridine rings is 1. The van der Waals surface area contributed by atoms with Gasteiger partial charge in [0.25, 0.3) is 5.91 Å². The van der Waals surface area contributed by atoms with Gasteiger partial charge in [-0.2, -0.15) is 0 Å². The molecule has 2 fully saturated rings. The molecule has 3 heterocycles. The summed E-state index contributed by atoms with van der Waals surface area (Å²) in [6.45, 7) is 1.05. The molecule has 1 saturated carbocycles. The molecule has 5 rings (SSSR count). The number of benzene rings is 1. The van der Waals surface area contributed by atoms with E-state index in [9.17, 15) is 14.4 Å². The van der Waals surface area contributed by atoms with Gasteiger partial charge in [0.15, 0.2) is 0 Å². The Bertz CT molecular complexity index is 1040. The van der Waals surface area contributed by atoms with E-state index in [1.165, 1.54) is 0 Å². The van der Waals surface area contributed by atoms with Crippen LogP contribution in [0.4, 0.5) is 0 Å². The molecule has 32 heavy (non-hydrogen) atoms. The molecule has 1 unspecified atom stereocenters. The maximum Gasteiger partial charge on any atom is 0.255 e. The molecular formula is C24H26N4O4.